The van der Waals surface area contributed by atoms with E-state index in [0.29, 0.717) is 6.04 Å². The van der Waals surface area contributed by atoms with Gasteiger partial charge in [0, 0.05) is 30.9 Å². The first-order chi connectivity index (χ1) is 10.1. The van der Waals surface area contributed by atoms with Crippen molar-refractivity contribution in [2.45, 2.75) is 31.7 Å². The van der Waals surface area contributed by atoms with E-state index >= 15 is 0 Å². The number of nitrogens with one attached hydrogen (secondary N) is 1. The predicted molar refractivity (Wildman–Crippen MR) is 91.8 cm³/mol. The van der Waals surface area contributed by atoms with E-state index in [9.17, 15) is 10.1 Å². The number of rotatable bonds is 3. The number of hydrogen-bond donors (Lipinski definition) is 1. The molecule has 2 aliphatic heterocycles. The van der Waals surface area contributed by atoms with Gasteiger partial charge < -0.3 is 10.2 Å². The van der Waals surface area contributed by atoms with Crippen LogP contribution in [0.15, 0.2) is 18.2 Å². The fraction of sp³-hybridized carbons (Fsp3) is 0.600. The summed E-state index contributed by atoms with van der Waals surface area (Å²) >= 11 is 2.05. The maximum Gasteiger partial charge on any atom is 0.282 e. The molecule has 2 fully saturated rings. The van der Waals surface area contributed by atoms with Crippen molar-refractivity contribution in [2.24, 2.45) is 5.92 Å². The zero-order valence-electron chi connectivity index (χ0n) is 11.9. The van der Waals surface area contributed by atoms with Crippen LogP contribution in [0.25, 0.3) is 0 Å². The fourth-order valence-electron chi connectivity index (χ4n) is 3.51. The van der Waals surface area contributed by atoms with Crippen LogP contribution in [-0.2, 0) is 0 Å². The lowest BCUT2D eigenvalue weighted by molar-refractivity contribution is -0.385. The molecule has 0 saturated carbocycles. The lowest BCUT2D eigenvalue weighted by atomic mass is 9.88. The topological polar surface area (TPSA) is 58.4 Å². The largest absolute Gasteiger partial charge is 0.371 e. The highest BCUT2D eigenvalue weighted by atomic mass is 127. The van der Waals surface area contributed by atoms with Crippen molar-refractivity contribution < 1.29 is 4.92 Å². The van der Waals surface area contributed by atoms with E-state index in [-0.39, 0.29) is 10.6 Å². The summed E-state index contributed by atoms with van der Waals surface area (Å²) in [6.45, 7) is 3.28. The molecule has 1 unspecified atom stereocenters. The molecule has 1 aromatic rings. The maximum atomic E-state index is 10.9. The number of halogens is 1. The number of nitro groups is 1. The van der Waals surface area contributed by atoms with Gasteiger partial charge in [0.05, 0.1) is 8.49 Å². The molecule has 0 aromatic heterocycles. The molecule has 1 aromatic carbocycles. The third-order valence-corrected chi connectivity index (χ3v) is 5.56. The SMILES string of the molecule is O=[N+]([O-])c1ccc(N2CCC(C3CCCN3)CC2)cc1I. The van der Waals surface area contributed by atoms with Crippen molar-refractivity contribution >= 4 is 34.0 Å². The van der Waals surface area contributed by atoms with E-state index in [2.05, 4.69) is 32.8 Å². The van der Waals surface area contributed by atoms with Crippen LogP contribution >= 0.6 is 22.6 Å². The molecule has 2 aliphatic rings. The molecule has 0 radical (unpaired) electrons. The number of anilines is 1. The van der Waals surface area contributed by atoms with Crippen molar-refractivity contribution in [3.8, 4) is 0 Å². The van der Waals surface area contributed by atoms with Crippen LogP contribution in [0.5, 0.6) is 0 Å². The van der Waals surface area contributed by atoms with Gasteiger partial charge in [0.25, 0.3) is 5.69 Å². The van der Waals surface area contributed by atoms with Crippen molar-refractivity contribution in [3.63, 3.8) is 0 Å². The minimum absolute atomic E-state index is 0.199. The van der Waals surface area contributed by atoms with E-state index in [1.54, 1.807) is 6.07 Å². The smallest absolute Gasteiger partial charge is 0.282 e. The summed E-state index contributed by atoms with van der Waals surface area (Å²) in [4.78, 5) is 12.9. The summed E-state index contributed by atoms with van der Waals surface area (Å²) in [5, 5.41) is 14.5. The molecule has 0 bridgehead atoms. The second-order valence-electron chi connectivity index (χ2n) is 5.92. The quantitative estimate of drug-likeness (QED) is 0.480. The standard InChI is InChI=1S/C15H20IN3O2/c16-13-10-12(3-4-15(13)19(20)21)18-8-5-11(6-9-18)14-2-1-7-17-14/h3-4,10-11,14,17H,1-2,5-9H2. The zero-order chi connectivity index (χ0) is 14.8. The van der Waals surface area contributed by atoms with Crippen LogP contribution in [0.2, 0.25) is 0 Å². The molecule has 21 heavy (non-hydrogen) atoms. The molecule has 3 rings (SSSR count). The van der Waals surface area contributed by atoms with E-state index < -0.39 is 0 Å². The van der Waals surface area contributed by atoms with Crippen LogP contribution in [0.1, 0.15) is 25.7 Å². The highest BCUT2D eigenvalue weighted by molar-refractivity contribution is 14.1. The Morgan fingerprint density at radius 3 is 2.62 bits per heavy atom. The van der Waals surface area contributed by atoms with Crippen molar-refractivity contribution in [3.05, 3.63) is 31.9 Å². The number of nitro benzene ring substituents is 1. The van der Waals surface area contributed by atoms with Gasteiger partial charge in [-0.2, -0.15) is 0 Å². The monoisotopic (exact) mass is 401 g/mol. The number of nitrogens with zero attached hydrogens (tertiary/aromatic N) is 2. The Morgan fingerprint density at radius 1 is 1.29 bits per heavy atom. The van der Waals surface area contributed by atoms with Gasteiger partial charge in [0.1, 0.15) is 0 Å². The molecule has 2 saturated heterocycles. The highest BCUT2D eigenvalue weighted by Gasteiger charge is 2.28. The summed E-state index contributed by atoms with van der Waals surface area (Å²) in [5.41, 5.74) is 1.31. The molecule has 2 heterocycles. The molecule has 0 amide bonds. The number of hydrogen-bond acceptors (Lipinski definition) is 4. The Labute approximate surface area is 138 Å². The Bertz CT molecular complexity index is 524. The first-order valence-corrected chi connectivity index (χ1v) is 8.65. The predicted octanol–water partition coefficient (Wildman–Crippen LogP) is 3.17. The van der Waals surface area contributed by atoms with Gasteiger partial charge >= 0.3 is 0 Å². The summed E-state index contributed by atoms with van der Waals surface area (Å²) in [6, 6.07) is 6.16. The van der Waals surface area contributed by atoms with Gasteiger partial charge in [-0.3, -0.25) is 10.1 Å². The van der Waals surface area contributed by atoms with E-state index in [4.69, 9.17) is 0 Å². The Kier molecular flexibility index (Phi) is 4.63. The molecule has 1 N–H and O–H groups in total. The first-order valence-electron chi connectivity index (χ1n) is 7.57. The van der Waals surface area contributed by atoms with Crippen LogP contribution in [0, 0.1) is 19.6 Å². The summed E-state index contributed by atoms with van der Waals surface area (Å²) in [6.07, 6.45) is 5.06. The van der Waals surface area contributed by atoms with Crippen LogP contribution in [0.4, 0.5) is 11.4 Å². The van der Waals surface area contributed by atoms with E-state index in [1.165, 1.54) is 32.2 Å². The summed E-state index contributed by atoms with van der Waals surface area (Å²) in [7, 11) is 0. The highest BCUT2D eigenvalue weighted by Crippen LogP contribution is 2.31. The summed E-state index contributed by atoms with van der Waals surface area (Å²) < 4.78 is 0.717. The lowest BCUT2D eigenvalue weighted by Gasteiger charge is -2.36. The molecule has 6 heteroatoms. The lowest BCUT2D eigenvalue weighted by Crippen LogP contribution is -2.40. The summed E-state index contributed by atoms with van der Waals surface area (Å²) in [5.74, 6) is 0.792. The van der Waals surface area contributed by atoms with Gasteiger partial charge in [0.2, 0.25) is 0 Å². The third kappa shape index (κ3) is 3.31. The Morgan fingerprint density at radius 2 is 2.05 bits per heavy atom. The van der Waals surface area contributed by atoms with Crippen LogP contribution in [0.3, 0.4) is 0 Å². The minimum Gasteiger partial charge on any atom is -0.371 e. The van der Waals surface area contributed by atoms with Crippen molar-refractivity contribution in [2.75, 3.05) is 24.5 Å². The van der Waals surface area contributed by atoms with Gasteiger partial charge in [0.15, 0.2) is 0 Å². The zero-order valence-corrected chi connectivity index (χ0v) is 14.1. The minimum atomic E-state index is -0.316. The fourth-order valence-corrected chi connectivity index (χ4v) is 4.21. The molecule has 0 aliphatic carbocycles. The maximum absolute atomic E-state index is 10.9. The third-order valence-electron chi connectivity index (χ3n) is 4.70. The number of benzene rings is 1. The molecule has 5 nitrogen and oxygen atoms in total. The van der Waals surface area contributed by atoms with Gasteiger partial charge in [-0.15, -0.1) is 0 Å². The Balaban J connectivity index is 1.64. The molecule has 1 atom stereocenters. The second-order valence-corrected chi connectivity index (χ2v) is 7.08. The van der Waals surface area contributed by atoms with Crippen molar-refractivity contribution in [1.82, 2.24) is 5.32 Å². The van der Waals surface area contributed by atoms with E-state index in [0.717, 1.165) is 28.3 Å². The molecular weight excluding hydrogens is 381 g/mol. The Hall–Kier alpha value is -0.890. The molecule has 0 spiro atoms. The molecule has 114 valence electrons. The van der Waals surface area contributed by atoms with Gasteiger partial charge in [-0.05, 0) is 72.9 Å². The first kappa shape index (κ1) is 15.0. The van der Waals surface area contributed by atoms with E-state index in [1.807, 2.05) is 12.1 Å². The van der Waals surface area contributed by atoms with Gasteiger partial charge in [-0.1, -0.05) is 0 Å². The van der Waals surface area contributed by atoms with Crippen LogP contribution < -0.4 is 10.2 Å². The van der Waals surface area contributed by atoms with Crippen LogP contribution in [-0.4, -0.2) is 30.6 Å². The number of piperidine rings is 1. The van der Waals surface area contributed by atoms with Crippen molar-refractivity contribution in [1.29, 1.82) is 0 Å². The molecular formula is C15H20IN3O2. The van der Waals surface area contributed by atoms with Gasteiger partial charge in [-0.25, -0.2) is 0 Å². The average molecular weight is 401 g/mol. The second kappa shape index (κ2) is 6.48. The normalized spacial score (nSPS) is 23.5. The average Bonchev–Trinajstić information content (AvgIpc) is 3.01.